The second-order valence-corrected chi connectivity index (χ2v) is 7.93. The van der Waals surface area contributed by atoms with E-state index in [1.165, 1.54) is 17.8 Å². The number of benzene rings is 1. The van der Waals surface area contributed by atoms with Crippen LogP contribution in [-0.4, -0.2) is 17.0 Å². The number of rotatable bonds is 4. The third kappa shape index (κ3) is 3.72. The van der Waals surface area contributed by atoms with Gasteiger partial charge in [-0.25, -0.2) is 4.98 Å². The van der Waals surface area contributed by atoms with E-state index in [0.717, 1.165) is 17.7 Å². The summed E-state index contributed by atoms with van der Waals surface area (Å²) in [4.78, 5) is 18.0. The number of hydrogen-bond acceptors (Lipinski definition) is 4. The summed E-state index contributed by atoms with van der Waals surface area (Å²) >= 11 is 1.51. The molecule has 1 N–H and O–H groups in total. The number of anilines is 1. The largest absolute Gasteiger partial charge is 0.490 e. The molecular formula is C18H22N2O2S. The van der Waals surface area contributed by atoms with Gasteiger partial charge in [0.25, 0.3) is 5.91 Å². The van der Waals surface area contributed by atoms with Crippen LogP contribution in [0.5, 0.6) is 5.75 Å². The van der Waals surface area contributed by atoms with E-state index in [1.54, 1.807) is 6.07 Å². The Labute approximate surface area is 140 Å². The van der Waals surface area contributed by atoms with Crippen LogP contribution in [0.25, 0.3) is 0 Å². The van der Waals surface area contributed by atoms with Gasteiger partial charge in [-0.1, -0.05) is 32.9 Å². The van der Waals surface area contributed by atoms with E-state index in [-0.39, 0.29) is 17.4 Å². The van der Waals surface area contributed by atoms with Gasteiger partial charge in [0, 0.05) is 11.1 Å². The lowest BCUT2D eigenvalue weighted by atomic mass is 9.96. The average Bonchev–Trinajstić information content (AvgIpc) is 2.92. The number of nitrogens with zero attached hydrogens (tertiary/aromatic N) is 1. The van der Waals surface area contributed by atoms with Crippen LogP contribution in [-0.2, 0) is 5.41 Å². The summed E-state index contributed by atoms with van der Waals surface area (Å²) < 4.78 is 5.92. The molecule has 3 rings (SSSR count). The number of carbonyl (C=O) groups is 1. The number of thiazole rings is 1. The number of aromatic nitrogens is 1. The maximum Gasteiger partial charge on any atom is 0.261 e. The third-order valence-electron chi connectivity index (χ3n) is 3.94. The molecule has 23 heavy (non-hydrogen) atoms. The molecule has 0 unspecified atom stereocenters. The summed E-state index contributed by atoms with van der Waals surface area (Å²) in [5.41, 5.74) is 0.596. The van der Waals surface area contributed by atoms with Gasteiger partial charge in [-0.2, -0.15) is 0 Å². The Hall–Kier alpha value is -1.88. The quantitative estimate of drug-likeness (QED) is 0.889. The minimum absolute atomic E-state index is 0.0336. The molecule has 1 aromatic carbocycles. The highest BCUT2D eigenvalue weighted by molar-refractivity contribution is 7.15. The highest BCUT2D eigenvalue weighted by Crippen LogP contribution is 2.31. The fraction of sp³-hybridized carbons (Fsp3) is 0.444. The maximum absolute atomic E-state index is 12.6. The van der Waals surface area contributed by atoms with Gasteiger partial charge in [0.15, 0.2) is 5.13 Å². The van der Waals surface area contributed by atoms with Crippen LogP contribution in [0.3, 0.4) is 0 Å². The monoisotopic (exact) mass is 330 g/mol. The lowest BCUT2D eigenvalue weighted by molar-refractivity contribution is 0.0992. The van der Waals surface area contributed by atoms with E-state index in [2.05, 4.69) is 31.1 Å². The van der Waals surface area contributed by atoms with Gasteiger partial charge in [-0.15, -0.1) is 11.3 Å². The van der Waals surface area contributed by atoms with Crippen LogP contribution < -0.4 is 10.1 Å². The van der Waals surface area contributed by atoms with Gasteiger partial charge >= 0.3 is 0 Å². The summed E-state index contributed by atoms with van der Waals surface area (Å²) in [5, 5.41) is 3.51. The van der Waals surface area contributed by atoms with Gasteiger partial charge < -0.3 is 4.74 Å². The maximum atomic E-state index is 12.6. The topological polar surface area (TPSA) is 51.2 Å². The predicted molar refractivity (Wildman–Crippen MR) is 93.5 cm³/mol. The molecule has 1 fully saturated rings. The molecular weight excluding hydrogens is 308 g/mol. The molecule has 5 heteroatoms. The molecule has 122 valence electrons. The number of ether oxygens (including phenoxy) is 1. The molecule has 1 aliphatic carbocycles. The predicted octanol–water partition coefficient (Wildman–Crippen LogP) is 4.62. The van der Waals surface area contributed by atoms with Crippen molar-refractivity contribution in [1.29, 1.82) is 0 Å². The summed E-state index contributed by atoms with van der Waals surface area (Å²) in [6, 6.07) is 7.40. The number of hydrogen-bond donors (Lipinski definition) is 1. The number of para-hydroxylation sites is 1. The van der Waals surface area contributed by atoms with Crippen LogP contribution in [0.2, 0.25) is 0 Å². The number of nitrogens with one attached hydrogen (secondary N) is 1. The van der Waals surface area contributed by atoms with E-state index >= 15 is 0 Å². The molecule has 0 bridgehead atoms. The first-order valence-electron chi connectivity index (χ1n) is 7.97. The van der Waals surface area contributed by atoms with Gasteiger partial charge in [0.2, 0.25) is 0 Å². The van der Waals surface area contributed by atoms with Gasteiger partial charge in [0.05, 0.1) is 11.7 Å². The molecule has 0 saturated heterocycles. The second kappa shape index (κ2) is 6.32. The highest BCUT2D eigenvalue weighted by atomic mass is 32.1. The van der Waals surface area contributed by atoms with Crippen molar-refractivity contribution < 1.29 is 9.53 Å². The van der Waals surface area contributed by atoms with E-state index in [1.807, 2.05) is 24.4 Å². The van der Waals surface area contributed by atoms with Crippen LogP contribution in [0, 0.1) is 0 Å². The Morgan fingerprint density at radius 2 is 2.04 bits per heavy atom. The first-order valence-corrected chi connectivity index (χ1v) is 8.78. The van der Waals surface area contributed by atoms with Crippen LogP contribution >= 0.6 is 11.3 Å². The minimum atomic E-state index is -0.172. The van der Waals surface area contributed by atoms with Gasteiger partial charge in [0.1, 0.15) is 5.75 Å². The fourth-order valence-corrected chi connectivity index (χ4v) is 3.14. The van der Waals surface area contributed by atoms with Gasteiger partial charge in [-0.05, 0) is 36.8 Å². The zero-order chi connectivity index (χ0) is 16.4. The minimum Gasteiger partial charge on any atom is -0.490 e. The molecule has 1 aliphatic rings. The summed E-state index contributed by atoms with van der Waals surface area (Å²) in [6.07, 6.45) is 5.41. The molecule has 1 amide bonds. The summed E-state index contributed by atoms with van der Waals surface area (Å²) in [7, 11) is 0. The van der Waals surface area contributed by atoms with Crippen molar-refractivity contribution >= 4 is 22.4 Å². The SMILES string of the molecule is CC(C)(C)c1cnc(NC(=O)c2ccccc2OC2CCC2)s1. The van der Waals surface area contributed by atoms with Crippen molar-refractivity contribution in [2.75, 3.05) is 5.32 Å². The first kappa shape index (κ1) is 16.0. The fourth-order valence-electron chi connectivity index (χ4n) is 2.27. The molecule has 2 aromatic rings. The van der Waals surface area contributed by atoms with Crippen molar-refractivity contribution in [3.63, 3.8) is 0 Å². The lowest BCUT2D eigenvalue weighted by Gasteiger charge is -2.27. The van der Waals surface area contributed by atoms with Crippen molar-refractivity contribution in [2.24, 2.45) is 0 Å². The lowest BCUT2D eigenvalue weighted by Crippen LogP contribution is -2.26. The Kier molecular flexibility index (Phi) is 4.39. The molecule has 1 aromatic heterocycles. The van der Waals surface area contributed by atoms with Crippen molar-refractivity contribution in [2.45, 2.75) is 51.6 Å². The van der Waals surface area contributed by atoms with Crippen LogP contribution in [0.1, 0.15) is 55.3 Å². The van der Waals surface area contributed by atoms with E-state index in [9.17, 15) is 4.79 Å². The molecule has 0 spiro atoms. The molecule has 1 saturated carbocycles. The smallest absolute Gasteiger partial charge is 0.261 e. The van der Waals surface area contributed by atoms with Crippen LogP contribution in [0.4, 0.5) is 5.13 Å². The number of amides is 1. The van der Waals surface area contributed by atoms with E-state index in [0.29, 0.717) is 16.4 Å². The zero-order valence-electron chi connectivity index (χ0n) is 13.8. The Morgan fingerprint density at radius 1 is 1.30 bits per heavy atom. The average molecular weight is 330 g/mol. The molecule has 4 nitrogen and oxygen atoms in total. The highest BCUT2D eigenvalue weighted by Gasteiger charge is 2.23. The van der Waals surface area contributed by atoms with Crippen LogP contribution in [0.15, 0.2) is 30.5 Å². The summed E-state index contributed by atoms with van der Waals surface area (Å²) in [6.45, 7) is 6.40. The Morgan fingerprint density at radius 3 is 2.65 bits per heavy atom. The van der Waals surface area contributed by atoms with Gasteiger partial charge in [-0.3, -0.25) is 10.1 Å². The Bertz CT molecular complexity index is 699. The van der Waals surface area contributed by atoms with E-state index in [4.69, 9.17) is 4.74 Å². The van der Waals surface area contributed by atoms with Crippen molar-refractivity contribution in [1.82, 2.24) is 4.98 Å². The molecule has 0 radical (unpaired) electrons. The molecule has 0 atom stereocenters. The first-order chi connectivity index (χ1) is 10.9. The second-order valence-electron chi connectivity index (χ2n) is 6.90. The molecule has 1 heterocycles. The van der Waals surface area contributed by atoms with E-state index < -0.39 is 0 Å². The van der Waals surface area contributed by atoms with Crippen molar-refractivity contribution in [3.05, 3.63) is 40.9 Å². The third-order valence-corrected chi connectivity index (χ3v) is 5.28. The Balaban J connectivity index is 1.74. The zero-order valence-corrected chi connectivity index (χ0v) is 14.6. The summed E-state index contributed by atoms with van der Waals surface area (Å²) in [5.74, 6) is 0.483. The normalized spacial score (nSPS) is 15.1. The van der Waals surface area contributed by atoms with Crippen molar-refractivity contribution in [3.8, 4) is 5.75 Å². The number of carbonyl (C=O) groups excluding carboxylic acids is 1. The molecule has 0 aliphatic heterocycles. The standard InChI is InChI=1S/C18H22N2O2S/c1-18(2,3)15-11-19-17(23-15)20-16(21)13-9-4-5-10-14(13)22-12-7-6-8-12/h4-5,9-12H,6-8H2,1-3H3,(H,19,20,21).